The minimum absolute atomic E-state index is 0.0788. The smallest absolute Gasteiger partial charge is 0.0954 e. The number of rotatable bonds is 3. The van der Waals surface area contributed by atoms with Crippen molar-refractivity contribution < 1.29 is 4.74 Å². The van der Waals surface area contributed by atoms with Gasteiger partial charge in [-0.25, -0.2) is 0 Å². The van der Waals surface area contributed by atoms with E-state index in [0.717, 1.165) is 31.5 Å². The maximum atomic E-state index is 6.04. The zero-order valence-electron chi connectivity index (χ0n) is 9.88. The van der Waals surface area contributed by atoms with Crippen molar-refractivity contribution in [3.05, 3.63) is 33.8 Å². The zero-order chi connectivity index (χ0) is 12.3. The number of hydrogen-bond acceptors (Lipinski definition) is 2. The Balaban J connectivity index is 2.08. The van der Waals surface area contributed by atoms with E-state index in [1.807, 2.05) is 18.2 Å². The molecule has 0 spiro atoms. The van der Waals surface area contributed by atoms with Crippen molar-refractivity contribution in [3.63, 3.8) is 0 Å². The molecule has 4 heteroatoms. The van der Waals surface area contributed by atoms with Crippen LogP contribution < -0.4 is 5.32 Å². The van der Waals surface area contributed by atoms with Gasteiger partial charge >= 0.3 is 0 Å². The van der Waals surface area contributed by atoms with Crippen molar-refractivity contribution >= 4 is 23.2 Å². The molecular formula is C13H17Cl2NO. The van der Waals surface area contributed by atoms with Gasteiger partial charge < -0.3 is 10.1 Å². The summed E-state index contributed by atoms with van der Waals surface area (Å²) in [7, 11) is 0. The second kappa shape index (κ2) is 6.05. The standard InChI is InChI=1S/C13H17Cl2NO/c1-2-3-10-7-16-8-13(17-10)9-4-5-11(14)12(15)6-9/h4-6,10,13,16H,2-3,7-8H2,1H3. The fourth-order valence-electron chi connectivity index (χ4n) is 2.11. The molecule has 1 aliphatic rings. The van der Waals surface area contributed by atoms with Crippen LogP contribution >= 0.6 is 23.2 Å². The first kappa shape index (κ1) is 13.2. The summed E-state index contributed by atoms with van der Waals surface area (Å²) >= 11 is 11.9. The Morgan fingerprint density at radius 3 is 2.82 bits per heavy atom. The molecule has 2 unspecified atom stereocenters. The molecule has 1 aromatic rings. The minimum Gasteiger partial charge on any atom is -0.368 e. The van der Waals surface area contributed by atoms with Gasteiger partial charge in [0.1, 0.15) is 0 Å². The van der Waals surface area contributed by atoms with Crippen LogP contribution in [0, 0.1) is 0 Å². The third-order valence-corrected chi connectivity index (χ3v) is 3.72. The third-order valence-electron chi connectivity index (χ3n) is 2.98. The van der Waals surface area contributed by atoms with Crippen LogP contribution in [0.3, 0.4) is 0 Å². The summed E-state index contributed by atoms with van der Waals surface area (Å²) in [5.74, 6) is 0. The van der Waals surface area contributed by atoms with Gasteiger partial charge in [0.2, 0.25) is 0 Å². The molecule has 2 nitrogen and oxygen atoms in total. The summed E-state index contributed by atoms with van der Waals surface area (Å²) in [5, 5.41) is 4.58. The molecule has 2 rings (SSSR count). The van der Waals surface area contributed by atoms with Gasteiger partial charge in [0.05, 0.1) is 22.3 Å². The van der Waals surface area contributed by atoms with Crippen molar-refractivity contribution in [2.24, 2.45) is 0 Å². The largest absolute Gasteiger partial charge is 0.368 e. The minimum atomic E-state index is 0.0788. The lowest BCUT2D eigenvalue weighted by Gasteiger charge is -2.31. The third kappa shape index (κ3) is 3.35. The van der Waals surface area contributed by atoms with Gasteiger partial charge in [0.25, 0.3) is 0 Å². The number of morpholine rings is 1. The molecule has 0 saturated carbocycles. The van der Waals surface area contributed by atoms with E-state index in [9.17, 15) is 0 Å². The highest BCUT2D eigenvalue weighted by atomic mass is 35.5. The Morgan fingerprint density at radius 2 is 2.12 bits per heavy atom. The maximum absolute atomic E-state index is 6.04. The molecule has 2 atom stereocenters. The Hall–Kier alpha value is -0.280. The molecule has 1 saturated heterocycles. The lowest BCUT2D eigenvalue weighted by Crippen LogP contribution is -2.40. The van der Waals surface area contributed by atoms with E-state index in [2.05, 4.69) is 12.2 Å². The summed E-state index contributed by atoms with van der Waals surface area (Å²) in [5.41, 5.74) is 1.09. The summed E-state index contributed by atoms with van der Waals surface area (Å²) < 4.78 is 6.04. The Labute approximate surface area is 112 Å². The summed E-state index contributed by atoms with van der Waals surface area (Å²) in [6, 6.07) is 5.70. The van der Waals surface area contributed by atoms with Crippen LogP contribution in [-0.4, -0.2) is 19.2 Å². The number of ether oxygens (including phenoxy) is 1. The highest BCUT2D eigenvalue weighted by Crippen LogP contribution is 2.29. The first-order valence-corrected chi connectivity index (χ1v) is 6.77. The van der Waals surface area contributed by atoms with Gasteiger partial charge in [0.15, 0.2) is 0 Å². The lowest BCUT2D eigenvalue weighted by molar-refractivity contribution is -0.0424. The topological polar surface area (TPSA) is 21.3 Å². The average molecular weight is 274 g/mol. The highest BCUT2D eigenvalue weighted by molar-refractivity contribution is 6.42. The van der Waals surface area contributed by atoms with E-state index in [-0.39, 0.29) is 6.10 Å². The predicted octanol–water partition coefficient (Wildman–Crippen LogP) is 3.82. The molecule has 1 aliphatic heterocycles. The second-order valence-electron chi connectivity index (χ2n) is 4.37. The monoisotopic (exact) mass is 273 g/mol. The average Bonchev–Trinajstić information content (AvgIpc) is 2.33. The van der Waals surface area contributed by atoms with Crippen molar-refractivity contribution in [1.82, 2.24) is 5.32 Å². The van der Waals surface area contributed by atoms with Gasteiger partial charge in [-0.15, -0.1) is 0 Å². The second-order valence-corrected chi connectivity index (χ2v) is 5.18. The van der Waals surface area contributed by atoms with E-state index in [1.54, 1.807) is 0 Å². The van der Waals surface area contributed by atoms with Crippen LogP contribution in [0.5, 0.6) is 0 Å². The van der Waals surface area contributed by atoms with Crippen molar-refractivity contribution in [1.29, 1.82) is 0 Å². The predicted molar refractivity (Wildman–Crippen MR) is 71.9 cm³/mol. The van der Waals surface area contributed by atoms with Crippen LogP contribution in [0.15, 0.2) is 18.2 Å². The van der Waals surface area contributed by atoms with Crippen molar-refractivity contribution in [3.8, 4) is 0 Å². The summed E-state index contributed by atoms with van der Waals surface area (Å²) in [4.78, 5) is 0. The van der Waals surface area contributed by atoms with Gasteiger partial charge in [-0.05, 0) is 24.1 Å². The molecule has 1 N–H and O–H groups in total. The number of halogens is 2. The molecule has 0 amide bonds. The number of nitrogens with one attached hydrogen (secondary N) is 1. The molecule has 1 fully saturated rings. The summed E-state index contributed by atoms with van der Waals surface area (Å²) in [6.07, 6.45) is 2.61. The zero-order valence-corrected chi connectivity index (χ0v) is 11.4. The van der Waals surface area contributed by atoms with Gasteiger partial charge in [-0.1, -0.05) is 42.6 Å². The fraction of sp³-hybridized carbons (Fsp3) is 0.538. The van der Waals surface area contributed by atoms with Gasteiger partial charge in [-0.3, -0.25) is 0 Å². The molecule has 0 aliphatic carbocycles. The van der Waals surface area contributed by atoms with E-state index in [4.69, 9.17) is 27.9 Å². The molecule has 1 heterocycles. The number of benzene rings is 1. The quantitative estimate of drug-likeness (QED) is 0.904. The van der Waals surface area contributed by atoms with E-state index >= 15 is 0 Å². The van der Waals surface area contributed by atoms with Crippen LogP contribution in [0.2, 0.25) is 10.0 Å². The first-order valence-electron chi connectivity index (χ1n) is 6.02. The molecule has 17 heavy (non-hydrogen) atoms. The first-order chi connectivity index (χ1) is 8.20. The van der Waals surface area contributed by atoms with Crippen LogP contribution in [-0.2, 0) is 4.74 Å². The van der Waals surface area contributed by atoms with E-state index in [1.165, 1.54) is 0 Å². The normalized spacial score (nSPS) is 24.9. The lowest BCUT2D eigenvalue weighted by atomic mass is 10.1. The summed E-state index contributed by atoms with van der Waals surface area (Å²) in [6.45, 7) is 3.94. The van der Waals surface area contributed by atoms with E-state index in [0.29, 0.717) is 16.1 Å². The maximum Gasteiger partial charge on any atom is 0.0954 e. The SMILES string of the molecule is CCCC1CNCC(c2ccc(Cl)c(Cl)c2)O1. The Morgan fingerprint density at radius 1 is 1.29 bits per heavy atom. The molecular weight excluding hydrogens is 257 g/mol. The van der Waals surface area contributed by atoms with Crippen LogP contribution in [0.25, 0.3) is 0 Å². The van der Waals surface area contributed by atoms with Crippen molar-refractivity contribution in [2.75, 3.05) is 13.1 Å². The van der Waals surface area contributed by atoms with Crippen molar-refractivity contribution in [2.45, 2.75) is 32.0 Å². The Bertz CT molecular complexity index is 382. The van der Waals surface area contributed by atoms with Crippen LogP contribution in [0.4, 0.5) is 0 Å². The Kier molecular flexibility index (Phi) is 4.69. The molecule has 0 bridgehead atoms. The number of hydrogen-bond donors (Lipinski definition) is 1. The van der Waals surface area contributed by atoms with E-state index < -0.39 is 0 Å². The highest BCUT2D eigenvalue weighted by Gasteiger charge is 2.23. The van der Waals surface area contributed by atoms with Crippen LogP contribution in [0.1, 0.15) is 31.4 Å². The molecule has 1 aromatic carbocycles. The molecule has 0 aromatic heterocycles. The van der Waals surface area contributed by atoms with Gasteiger partial charge in [-0.2, -0.15) is 0 Å². The van der Waals surface area contributed by atoms with Gasteiger partial charge in [0, 0.05) is 13.1 Å². The molecule has 94 valence electrons. The molecule has 0 radical (unpaired) electrons. The fourth-order valence-corrected chi connectivity index (χ4v) is 2.41.